The summed E-state index contributed by atoms with van der Waals surface area (Å²) in [5, 5.41) is 2.21. The molecule has 0 aliphatic heterocycles. The van der Waals surface area contributed by atoms with Crippen LogP contribution in [0.1, 0.15) is 12.5 Å². The third-order valence-corrected chi connectivity index (χ3v) is 2.48. The molecule has 2 aromatic carbocycles. The normalized spacial score (nSPS) is 10.6. The van der Waals surface area contributed by atoms with E-state index < -0.39 is 0 Å². The van der Waals surface area contributed by atoms with Crippen LogP contribution in [-0.4, -0.2) is 0 Å². The first-order valence-corrected chi connectivity index (χ1v) is 4.78. The average molecular weight is 186 g/mol. The average Bonchev–Trinajstić information content (AvgIpc) is 2.16. The Morgan fingerprint density at radius 2 is 1.86 bits per heavy atom. The van der Waals surface area contributed by atoms with Gasteiger partial charge in [-0.3, -0.25) is 0 Å². The first-order valence-electron chi connectivity index (χ1n) is 4.78. The lowest BCUT2D eigenvalue weighted by atomic mass is 10.0. The van der Waals surface area contributed by atoms with Gasteiger partial charge in [-0.15, -0.1) is 0 Å². The van der Waals surface area contributed by atoms with Crippen LogP contribution in [0, 0.1) is 0 Å². The van der Waals surface area contributed by atoms with Crippen molar-refractivity contribution in [2.75, 3.05) is 11.5 Å². The van der Waals surface area contributed by atoms with E-state index in [-0.39, 0.29) is 0 Å². The van der Waals surface area contributed by atoms with Crippen LogP contribution in [0.2, 0.25) is 0 Å². The van der Waals surface area contributed by atoms with Crippen LogP contribution in [0.5, 0.6) is 0 Å². The first kappa shape index (κ1) is 8.88. The second kappa shape index (κ2) is 3.22. The number of anilines is 2. The standard InChI is InChI=1S/C12H14N2/c1-2-8-5-9-7-10(13)3-4-11(9)12(14)6-8/h3-7H,2,13-14H2,1H3. The van der Waals surface area contributed by atoms with Gasteiger partial charge in [0.15, 0.2) is 0 Å². The van der Waals surface area contributed by atoms with Crippen molar-refractivity contribution in [2.24, 2.45) is 0 Å². The van der Waals surface area contributed by atoms with Crippen LogP contribution >= 0.6 is 0 Å². The molecule has 0 radical (unpaired) electrons. The summed E-state index contributed by atoms with van der Waals surface area (Å²) >= 11 is 0. The molecule has 0 spiro atoms. The van der Waals surface area contributed by atoms with Gasteiger partial charge in [0.05, 0.1) is 0 Å². The molecule has 2 rings (SSSR count). The lowest BCUT2D eigenvalue weighted by molar-refractivity contribution is 1.15. The largest absolute Gasteiger partial charge is 0.399 e. The minimum atomic E-state index is 0.783. The Bertz CT molecular complexity index is 475. The summed E-state index contributed by atoms with van der Waals surface area (Å²) in [6, 6.07) is 9.98. The van der Waals surface area contributed by atoms with Crippen LogP contribution in [-0.2, 0) is 6.42 Å². The van der Waals surface area contributed by atoms with Crippen LogP contribution in [0.4, 0.5) is 11.4 Å². The summed E-state index contributed by atoms with van der Waals surface area (Å²) in [6.45, 7) is 2.12. The Morgan fingerprint density at radius 1 is 1.07 bits per heavy atom. The highest BCUT2D eigenvalue weighted by Crippen LogP contribution is 2.25. The Morgan fingerprint density at radius 3 is 2.57 bits per heavy atom. The number of hydrogen-bond donors (Lipinski definition) is 2. The van der Waals surface area contributed by atoms with Crippen LogP contribution in [0.3, 0.4) is 0 Å². The molecule has 4 N–H and O–H groups in total. The highest BCUT2D eigenvalue weighted by Gasteiger charge is 2.00. The van der Waals surface area contributed by atoms with Gasteiger partial charge in [-0.2, -0.15) is 0 Å². The number of rotatable bonds is 1. The van der Waals surface area contributed by atoms with E-state index in [0.29, 0.717) is 0 Å². The zero-order valence-electron chi connectivity index (χ0n) is 8.25. The molecule has 0 unspecified atom stereocenters. The minimum absolute atomic E-state index is 0.783. The number of hydrogen-bond acceptors (Lipinski definition) is 2. The van der Waals surface area contributed by atoms with Crippen molar-refractivity contribution in [2.45, 2.75) is 13.3 Å². The zero-order chi connectivity index (χ0) is 10.1. The smallest absolute Gasteiger partial charge is 0.0396 e. The number of aryl methyl sites for hydroxylation is 1. The maximum absolute atomic E-state index is 5.94. The molecule has 0 bridgehead atoms. The molecular formula is C12H14N2. The Labute approximate surface area is 83.5 Å². The van der Waals surface area contributed by atoms with E-state index in [1.807, 2.05) is 24.3 Å². The van der Waals surface area contributed by atoms with Crippen molar-refractivity contribution in [3.05, 3.63) is 35.9 Å². The number of nitrogens with two attached hydrogens (primary N) is 2. The lowest BCUT2D eigenvalue weighted by Gasteiger charge is -2.06. The highest BCUT2D eigenvalue weighted by atomic mass is 14.6. The Balaban J connectivity index is 2.77. The fourth-order valence-corrected chi connectivity index (χ4v) is 1.69. The minimum Gasteiger partial charge on any atom is -0.399 e. The van der Waals surface area contributed by atoms with Gasteiger partial charge >= 0.3 is 0 Å². The number of nitrogen functional groups attached to an aromatic ring is 2. The Hall–Kier alpha value is -1.70. The molecular weight excluding hydrogens is 172 g/mol. The number of benzene rings is 2. The molecule has 0 aromatic heterocycles. The quantitative estimate of drug-likeness (QED) is 0.672. The topological polar surface area (TPSA) is 52.0 Å². The van der Waals surface area contributed by atoms with Crippen LogP contribution < -0.4 is 11.5 Å². The molecule has 0 atom stereocenters. The van der Waals surface area contributed by atoms with Gasteiger partial charge in [0, 0.05) is 16.8 Å². The van der Waals surface area contributed by atoms with Crippen molar-refractivity contribution in [3.8, 4) is 0 Å². The maximum Gasteiger partial charge on any atom is 0.0396 e. The molecule has 0 aliphatic carbocycles. The summed E-state index contributed by atoms with van der Waals surface area (Å²) in [5.74, 6) is 0. The molecule has 0 saturated carbocycles. The molecule has 0 heterocycles. The van der Waals surface area contributed by atoms with Gasteiger partial charge in [0.25, 0.3) is 0 Å². The van der Waals surface area contributed by atoms with Crippen molar-refractivity contribution in [1.82, 2.24) is 0 Å². The van der Waals surface area contributed by atoms with Gasteiger partial charge in [0.2, 0.25) is 0 Å². The maximum atomic E-state index is 5.94. The van der Waals surface area contributed by atoms with E-state index in [1.165, 1.54) is 5.56 Å². The van der Waals surface area contributed by atoms with E-state index in [0.717, 1.165) is 28.6 Å². The molecule has 0 aliphatic rings. The van der Waals surface area contributed by atoms with Crippen LogP contribution in [0.15, 0.2) is 30.3 Å². The molecule has 2 heteroatoms. The van der Waals surface area contributed by atoms with Gasteiger partial charge in [-0.05, 0) is 35.6 Å². The molecule has 0 amide bonds. The lowest BCUT2D eigenvalue weighted by Crippen LogP contribution is -1.91. The molecule has 72 valence electrons. The monoisotopic (exact) mass is 186 g/mol. The second-order valence-electron chi connectivity index (χ2n) is 3.52. The van der Waals surface area contributed by atoms with Gasteiger partial charge in [-0.1, -0.05) is 19.1 Å². The molecule has 2 nitrogen and oxygen atoms in total. The van der Waals surface area contributed by atoms with E-state index in [1.54, 1.807) is 0 Å². The SMILES string of the molecule is CCc1cc(N)c2ccc(N)cc2c1. The van der Waals surface area contributed by atoms with Crippen molar-refractivity contribution in [3.63, 3.8) is 0 Å². The predicted molar refractivity (Wildman–Crippen MR) is 62.2 cm³/mol. The van der Waals surface area contributed by atoms with E-state index in [2.05, 4.69) is 13.0 Å². The van der Waals surface area contributed by atoms with Gasteiger partial charge in [-0.25, -0.2) is 0 Å². The first-order chi connectivity index (χ1) is 6.70. The van der Waals surface area contributed by atoms with E-state index >= 15 is 0 Å². The third kappa shape index (κ3) is 1.39. The van der Waals surface area contributed by atoms with Crippen molar-refractivity contribution >= 4 is 22.1 Å². The zero-order valence-corrected chi connectivity index (χ0v) is 8.25. The predicted octanol–water partition coefficient (Wildman–Crippen LogP) is 2.57. The summed E-state index contributed by atoms with van der Waals surface area (Å²) in [4.78, 5) is 0. The highest BCUT2D eigenvalue weighted by molar-refractivity contribution is 5.95. The van der Waals surface area contributed by atoms with E-state index in [4.69, 9.17) is 11.5 Å². The van der Waals surface area contributed by atoms with Crippen molar-refractivity contribution < 1.29 is 0 Å². The molecule has 14 heavy (non-hydrogen) atoms. The Kier molecular flexibility index (Phi) is 2.04. The van der Waals surface area contributed by atoms with Crippen LogP contribution in [0.25, 0.3) is 10.8 Å². The van der Waals surface area contributed by atoms with Gasteiger partial charge in [0.1, 0.15) is 0 Å². The third-order valence-electron chi connectivity index (χ3n) is 2.48. The fourth-order valence-electron chi connectivity index (χ4n) is 1.69. The molecule has 2 aromatic rings. The number of fused-ring (bicyclic) bond motifs is 1. The molecule has 0 fully saturated rings. The summed E-state index contributed by atoms with van der Waals surface area (Å²) in [7, 11) is 0. The molecule has 0 saturated heterocycles. The second-order valence-corrected chi connectivity index (χ2v) is 3.52. The summed E-state index contributed by atoms with van der Waals surface area (Å²) in [5.41, 5.74) is 14.5. The summed E-state index contributed by atoms with van der Waals surface area (Å²) in [6.07, 6.45) is 0.995. The van der Waals surface area contributed by atoms with Gasteiger partial charge < -0.3 is 11.5 Å². The summed E-state index contributed by atoms with van der Waals surface area (Å²) < 4.78 is 0. The fraction of sp³-hybridized carbons (Fsp3) is 0.167. The van der Waals surface area contributed by atoms with E-state index in [9.17, 15) is 0 Å². The van der Waals surface area contributed by atoms with Crippen molar-refractivity contribution in [1.29, 1.82) is 0 Å².